The number of amides is 2. The van der Waals surface area contributed by atoms with E-state index in [1.807, 2.05) is 53.9 Å². The summed E-state index contributed by atoms with van der Waals surface area (Å²) < 4.78 is 5.77. The first-order chi connectivity index (χ1) is 16.6. The Hall–Kier alpha value is -3.94. The highest BCUT2D eigenvalue weighted by Gasteiger charge is 2.14. The molecule has 1 heterocycles. The third-order valence-corrected chi connectivity index (χ3v) is 5.86. The average molecular weight is 490 g/mol. The van der Waals surface area contributed by atoms with Crippen molar-refractivity contribution in [2.75, 3.05) is 5.32 Å². The van der Waals surface area contributed by atoms with Gasteiger partial charge < -0.3 is 10.1 Å². The highest BCUT2D eigenvalue weighted by Crippen LogP contribution is 2.18. The van der Waals surface area contributed by atoms with E-state index in [0.717, 1.165) is 11.1 Å². The summed E-state index contributed by atoms with van der Waals surface area (Å²) >= 11 is 7.22. The Bertz CT molecular complexity index is 1290. The van der Waals surface area contributed by atoms with E-state index < -0.39 is 5.91 Å². The van der Waals surface area contributed by atoms with Gasteiger partial charge in [-0.3, -0.25) is 9.59 Å². The Morgan fingerprint density at radius 3 is 2.41 bits per heavy atom. The van der Waals surface area contributed by atoms with Gasteiger partial charge in [-0.05, 0) is 71.1 Å². The number of halogens is 1. The minimum absolute atomic E-state index is 0.267. The molecule has 6 nitrogen and oxygen atoms in total. The third kappa shape index (κ3) is 6.31. The molecule has 0 atom stereocenters. The number of carbonyl (C=O) groups excluding carboxylic acids is 2. The Labute approximate surface area is 205 Å². The maximum atomic E-state index is 12.6. The van der Waals surface area contributed by atoms with Gasteiger partial charge in [0.1, 0.15) is 12.4 Å². The molecule has 170 valence electrons. The maximum absolute atomic E-state index is 12.6. The van der Waals surface area contributed by atoms with E-state index in [9.17, 15) is 9.59 Å². The van der Waals surface area contributed by atoms with Crippen molar-refractivity contribution in [1.82, 2.24) is 5.43 Å². The second-order valence-corrected chi connectivity index (χ2v) is 8.54. The minimum atomic E-state index is -0.429. The van der Waals surface area contributed by atoms with Crippen LogP contribution in [0.25, 0.3) is 0 Å². The number of hydrazone groups is 1. The van der Waals surface area contributed by atoms with Crippen molar-refractivity contribution in [3.8, 4) is 5.75 Å². The molecule has 0 saturated carbocycles. The topological polar surface area (TPSA) is 79.8 Å². The first kappa shape index (κ1) is 23.2. The molecule has 8 heteroatoms. The van der Waals surface area contributed by atoms with Crippen LogP contribution in [-0.2, 0) is 6.61 Å². The van der Waals surface area contributed by atoms with Crippen LogP contribution in [0.3, 0.4) is 0 Å². The van der Waals surface area contributed by atoms with Crippen LogP contribution >= 0.6 is 22.9 Å². The first-order valence-corrected chi connectivity index (χ1v) is 11.6. The monoisotopic (exact) mass is 489 g/mol. The molecule has 0 radical (unpaired) electrons. The number of anilines is 1. The van der Waals surface area contributed by atoms with E-state index in [0.29, 0.717) is 33.5 Å². The van der Waals surface area contributed by atoms with Crippen molar-refractivity contribution in [3.63, 3.8) is 0 Å². The Kier molecular flexibility index (Phi) is 7.70. The molecular weight excluding hydrogens is 470 g/mol. The van der Waals surface area contributed by atoms with E-state index in [-0.39, 0.29) is 5.91 Å². The Morgan fingerprint density at radius 1 is 0.912 bits per heavy atom. The summed E-state index contributed by atoms with van der Waals surface area (Å²) in [7, 11) is 0. The fourth-order valence-corrected chi connectivity index (χ4v) is 3.75. The van der Waals surface area contributed by atoms with Crippen LogP contribution in [0.4, 0.5) is 5.69 Å². The molecule has 3 aromatic carbocycles. The molecule has 2 N–H and O–H groups in total. The zero-order valence-electron chi connectivity index (χ0n) is 17.9. The van der Waals surface area contributed by atoms with Gasteiger partial charge in [0.2, 0.25) is 0 Å². The molecule has 0 aliphatic carbocycles. The fraction of sp³-hybridized carbons (Fsp3) is 0.0385. The SMILES string of the molecule is O=C(Nc1ccccc1C(=O)N/N=C\c1ccc(OCc2ccc(Cl)cc2)cc1)c1cccs1. The van der Waals surface area contributed by atoms with Crippen molar-refractivity contribution >= 4 is 46.7 Å². The van der Waals surface area contributed by atoms with Crippen LogP contribution in [0.5, 0.6) is 5.75 Å². The van der Waals surface area contributed by atoms with Gasteiger partial charge in [0, 0.05) is 5.02 Å². The lowest BCUT2D eigenvalue weighted by Gasteiger charge is -2.09. The molecule has 0 spiro atoms. The van der Waals surface area contributed by atoms with Gasteiger partial charge >= 0.3 is 0 Å². The normalized spacial score (nSPS) is 10.7. The summed E-state index contributed by atoms with van der Waals surface area (Å²) in [5, 5.41) is 9.31. The van der Waals surface area contributed by atoms with Crippen LogP contribution < -0.4 is 15.5 Å². The lowest BCUT2D eigenvalue weighted by atomic mass is 10.1. The number of nitrogens with zero attached hydrogens (tertiary/aromatic N) is 1. The molecule has 4 rings (SSSR count). The zero-order valence-corrected chi connectivity index (χ0v) is 19.5. The number of benzene rings is 3. The molecule has 4 aromatic rings. The van der Waals surface area contributed by atoms with Crippen molar-refractivity contribution in [2.24, 2.45) is 5.10 Å². The highest BCUT2D eigenvalue weighted by molar-refractivity contribution is 7.12. The van der Waals surface area contributed by atoms with Crippen LogP contribution in [0.2, 0.25) is 5.02 Å². The lowest BCUT2D eigenvalue weighted by Crippen LogP contribution is -2.21. The number of hydrogen-bond acceptors (Lipinski definition) is 5. The predicted molar refractivity (Wildman–Crippen MR) is 136 cm³/mol. The molecule has 0 fully saturated rings. The smallest absolute Gasteiger partial charge is 0.273 e. The van der Waals surface area contributed by atoms with Crippen molar-refractivity contribution in [1.29, 1.82) is 0 Å². The quantitative estimate of drug-likeness (QED) is 0.235. The zero-order chi connectivity index (χ0) is 23.8. The van der Waals surface area contributed by atoms with E-state index >= 15 is 0 Å². The standard InChI is InChI=1S/C26H20ClN3O3S/c27-20-11-7-19(8-12-20)17-33-21-13-9-18(10-14-21)16-28-30-25(31)22-4-1-2-5-23(22)29-26(32)24-6-3-15-34-24/h1-16H,17H2,(H,29,32)(H,30,31)/b28-16-. The van der Waals surface area contributed by atoms with Crippen molar-refractivity contribution in [3.05, 3.63) is 117 Å². The first-order valence-electron chi connectivity index (χ1n) is 10.3. The van der Waals surface area contributed by atoms with Crippen molar-refractivity contribution < 1.29 is 14.3 Å². The third-order valence-electron chi connectivity index (χ3n) is 4.74. The Balaban J connectivity index is 1.32. The number of para-hydroxylation sites is 1. The molecule has 34 heavy (non-hydrogen) atoms. The molecule has 1 aromatic heterocycles. The van der Waals surface area contributed by atoms with Gasteiger partial charge in [-0.15, -0.1) is 11.3 Å². The maximum Gasteiger partial charge on any atom is 0.273 e. The number of nitrogens with one attached hydrogen (secondary N) is 2. The van der Waals surface area contributed by atoms with Crippen LogP contribution in [0.1, 0.15) is 31.2 Å². The van der Waals surface area contributed by atoms with Gasteiger partial charge in [0.25, 0.3) is 11.8 Å². The van der Waals surface area contributed by atoms with Crippen LogP contribution in [0.15, 0.2) is 95.4 Å². The van der Waals surface area contributed by atoms with Gasteiger partial charge in [-0.25, -0.2) is 5.43 Å². The highest BCUT2D eigenvalue weighted by atomic mass is 35.5. The van der Waals surface area contributed by atoms with E-state index in [2.05, 4.69) is 15.8 Å². The molecule has 0 bridgehead atoms. The second kappa shape index (κ2) is 11.3. The van der Waals surface area contributed by atoms with Gasteiger partial charge in [-0.2, -0.15) is 5.10 Å². The number of carbonyl (C=O) groups is 2. The molecular formula is C26H20ClN3O3S. The number of ether oxygens (including phenoxy) is 1. The Morgan fingerprint density at radius 2 is 1.68 bits per heavy atom. The van der Waals surface area contributed by atoms with Gasteiger partial charge in [-0.1, -0.05) is 41.9 Å². The molecule has 0 aliphatic heterocycles. The average Bonchev–Trinajstić information content (AvgIpc) is 3.40. The summed E-state index contributed by atoms with van der Waals surface area (Å²) in [6.07, 6.45) is 1.54. The van der Waals surface area contributed by atoms with Gasteiger partial charge in [0.05, 0.1) is 22.3 Å². The second-order valence-electron chi connectivity index (χ2n) is 7.16. The number of rotatable bonds is 8. The van der Waals surface area contributed by atoms with E-state index in [4.69, 9.17) is 16.3 Å². The van der Waals surface area contributed by atoms with Crippen LogP contribution in [-0.4, -0.2) is 18.0 Å². The largest absolute Gasteiger partial charge is 0.489 e. The fourth-order valence-electron chi connectivity index (χ4n) is 3.00. The lowest BCUT2D eigenvalue weighted by molar-refractivity contribution is 0.0956. The summed E-state index contributed by atoms with van der Waals surface area (Å²) in [5.74, 6) is 0.0184. The van der Waals surface area contributed by atoms with Crippen molar-refractivity contribution in [2.45, 2.75) is 6.61 Å². The van der Waals surface area contributed by atoms with E-state index in [1.165, 1.54) is 17.6 Å². The molecule has 0 aliphatic rings. The molecule has 2 amide bonds. The summed E-state index contributed by atoms with van der Waals surface area (Å²) in [6, 6.07) is 25.1. The summed E-state index contributed by atoms with van der Waals surface area (Å²) in [5.41, 5.74) is 5.04. The summed E-state index contributed by atoms with van der Waals surface area (Å²) in [4.78, 5) is 25.5. The van der Waals surface area contributed by atoms with Gasteiger partial charge in [0.15, 0.2) is 0 Å². The number of thiophene rings is 1. The summed E-state index contributed by atoms with van der Waals surface area (Å²) in [6.45, 7) is 0.434. The van der Waals surface area contributed by atoms with E-state index in [1.54, 1.807) is 36.4 Å². The molecule has 0 saturated heterocycles. The minimum Gasteiger partial charge on any atom is -0.489 e. The number of hydrogen-bond donors (Lipinski definition) is 2. The molecule has 0 unspecified atom stereocenters. The predicted octanol–water partition coefficient (Wildman–Crippen LogP) is 6.00. The van der Waals surface area contributed by atoms with Crippen LogP contribution in [0, 0.1) is 0 Å².